The van der Waals surface area contributed by atoms with E-state index in [1.54, 1.807) is 7.11 Å². The molecule has 0 aliphatic rings. The number of hydrogen-bond donors (Lipinski definition) is 0. The van der Waals surface area contributed by atoms with Gasteiger partial charge in [0.15, 0.2) is 0 Å². The summed E-state index contributed by atoms with van der Waals surface area (Å²) in [5.74, 6) is 0.360. The van der Waals surface area contributed by atoms with Crippen molar-refractivity contribution in [3.05, 3.63) is 0 Å². The quantitative estimate of drug-likeness (QED) is 0.455. The van der Waals surface area contributed by atoms with Crippen LogP contribution in [0.2, 0.25) is 0 Å². The Labute approximate surface area is 76.5 Å². The van der Waals surface area contributed by atoms with Gasteiger partial charge >= 0.3 is 0 Å². The zero-order valence-corrected chi connectivity index (χ0v) is 9.19. The van der Waals surface area contributed by atoms with Gasteiger partial charge in [0.2, 0.25) is 0 Å². The van der Waals surface area contributed by atoms with E-state index < -0.39 is 8.15 Å². The molecule has 0 fully saturated rings. The van der Waals surface area contributed by atoms with Crippen molar-refractivity contribution in [2.45, 2.75) is 32.6 Å². The van der Waals surface area contributed by atoms with Crippen LogP contribution in [0.15, 0.2) is 0 Å². The highest BCUT2D eigenvalue weighted by molar-refractivity contribution is 7.52. The van der Waals surface area contributed by atoms with E-state index in [0.717, 1.165) is 12.8 Å². The lowest BCUT2D eigenvalue weighted by Gasteiger charge is -2.07. The normalized spacial score (nSPS) is 12.9. The lowest BCUT2D eigenvalue weighted by molar-refractivity contribution is -0.116. The van der Waals surface area contributed by atoms with Gasteiger partial charge in [-0.3, -0.25) is 4.79 Å². The first-order chi connectivity index (χ1) is 5.70. The van der Waals surface area contributed by atoms with Crippen LogP contribution in [0.5, 0.6) is 0 Å². The molecular weight excluding hydrogens is 171 g/mol. The number of carbonyl (C=O) groups excluding carboxylic acids is 1. The number of hydrogen-bond acceptors (Lipinski definition) is 2. The van der Waals surface area contributed by atoms with Crippen molar-refractivity contribution in [2.24, 2.45) is 0 Å². The maximum absolute atomic E-state index is 11.2. The molecule has 0 aromatic heterocycles. The van der Waals surface area contributed by atoms with E-state index in [2.05, 4.69) is 6.92 Å². The van der Waals surface area contributed by atoms with Gasteiger partial charge in [-0.1, -0.05) is 19.8 Å². The van der Waals surface area contributed by atoms with E-state index in [9.17, 15) is 4.79 Å². The highest BCUT2D eigenvalue weighted by Crippen LogP contribution is 2.30. The van der Waals surface area contributed by atoms with E-state index in [1.165, 1.54) is 12.8 Å². The molecule has 0 aromatic rings. The lowest BCUT2D eigenvalue weighted by atomic mass is 10.2. The third-order valence-corrected chi connectivity index (χ3v) is 3.19. The van der Waals surface area contributed by atoms with Crippen molar-refractivity contribution in [1.29, 1.82) is 0 Å². The van der Waals surface area contributed by atoms with Crippen LogP contribution in [0.4, 0.5) is 0 Å². The Morgan fingerprint density at radius 3 is 2.58 bits per heavy atom. The van der Waals surface area contributed by atoms with Crippen LogP contribution >= 0.6 is 8.15 Å². The number of ketones is 1. The molecule has 1 unspecified atom stereocenters. The van der Waals surface area contributed by atoms with Crippen molar-refractivity contribution in [2.75, 3.05) is 19.9 Å². The van der Waals surface area contributed by atoms with Crippen molar-refractivity contribution in [3.63, 3.8) is 0 Å². The fourth-order valence-corrected chi connectivity index (χ4v) is 1.75. The number of rotatable bonds is 7. The molecule has 0 aliphatic heterocycles. The van der Waals surface area contributed by atoms with Gasteiger partial charge in [0.1, 0.15) is 5.78 Å². The summed E-state index contributed by atoms with van der Waals surface area (Å²) in [4.78, 5) is 11.2. The fourth-order valence-electron chi connectivity index (χ4n) is 0.964. The van der Waals surface area contributed by atoms with Crippen molar-refractivity contribution in [3.8, 4) is 0 Å². The molecule has 2 nitrogen and oxygen atoms in total. The molecule has 0 saturated heterocycles. The molecular formula is C9H19O2P. The fraction of sp³-hybridized carbons (Fsp3) is 0.889. The SMILES string of the molecule is CCCCCC(=O)CP(C)OC. The second-order valence-corrected chi connectivity index (χ2v) is 4.90. The molecule has 0 rings (SSSR count). The zero-order chi connectivity index (χ0) is 9.40. The third kappa shape index (κ3) is 6.75. The van der Waals surface area contributed by atoms with E-state index in [0.29, 0.717) is 11.9 Å². The predicted octanol–water partition coefficient (Wildman–Crippen LogP) is 2.81. The number of carbonyl (C=O) groups is 1. The van der Waals surface area contributed by atoms with Crippen LogP contribution in [-0.4, -0.2) is 25.7 Å². The number of Topliss-reactive ketones (excluding diaryl/α,β-unsaturated/α-hetero) is 1. The van der Waals surface area contributed by atoms with Crippen LogP contribution in [0.25, 0.3) is 0 Å². The maximum atomic E-state index is 11.2. The van der Waals surface area contributed by atoms with Gasteiger partial charge < -0.3 is 4.52 Å². The first-order valence-corrected chi connectivity index (χ1v) is 6.36. The standard InChI is InChI=1S/C9H19O2P/c1-4-5-6-7-9(10)8-12(3)11-2/h4-8H2,1-3H3. The molecule has 3 heteroatoms. The van der Waals surface area contributed by atoms with Gasteiger partial charge in [-0.05, 0) is 13.1 Å². The van der Waals surface area contributed by atoms with E-state index >= 15 is 0 Å². The van der Waals surface area contributed by atoms with Crippen molar-refractivity contribution < 1.29 is 9.32 Å². The molecule has 0 bridgehead atoms. The molecule has 0 heterocycles. The van der Waals surface area contributed by atoms with Crippen LogP contribution < -0.4 is 0 Å². The highest BCUT2D eigenvalue weighted by Gasteiger charge is 2.06. The summed E-state index contributed by atoms with van der Waals surface area (Å²) >= 11 is 0. The van der Waals surface area contributed by atoms with E-state index in [1.807, 2.05) is 6.66 Å². The Bertz CT molecular complexity index is 126. The Hall–Kier alpha value is 0.0600. The van der Waals surface area contributed by atoms with Crippen molar-refractivity contribution >= 4 is 13.9 Å². The monoisotopic (exact) mass is 190 g/mol. The summed E-state index contributed by atoms with van der Waals surface area (Å²) < 4.78 is 5.07. The van der Waals surface area contributed by atoms with Crippen LogP contribution in [0, 0.1) is 0 Å². The van der Waals surface area contributed by atoms with Gasteiger partial charge in [0, 0.05) is 21.7 Å². The molecule has 1 atom stereocenters. The van der Waals surface area contributed by atoms with Gasteiger partial charge in [0.25, 0.3) is 0 Å². The van der Waals surface area contributed by atoms with E-state index in [4.69, 9.17) is 4.52 Å². The van der Waals surface area contributed by atoms with Crippen molar-refractivity contribution in [1.82, 2.24) is 0 Å². The second kappa shape index (κ2) is 7.70. The van der Waals surface area contributed by atoms with E-state index in [-0.39, 0.29) is 0 Å². The Morgan fingerprint density at radius 2 is 2.08 bits per heavy atom. The van der Waals surface area contributed by atoms with Crippen LogP contribution in [-0.2, 0) is 9.32 Å². The Kier molecular flexibility index (Phi) is 7.73. The van der Waals surface area contributed by atoms with Crippen LogP contribution in [0.3, 0.4) is 0 Å². The first-order valence-electron chi connectivity index (χ1n) is 4.47. The maximum Gasteiger partial charge on any atom is 0.139 e. The summed E-state index contributed by atoms with van der Waals surface area (Å²) in [6.07, 6.45) is 4.76. The third-order valence-electron chi connectivity index (χ3n) is 1.77. The Balaban J connectivity index is 3.33. The minimum Gasteiger partial charge on any atom is -0.362 e. The summed E-state index contributed by atoms with van der Waals surface area (Å²) in [5, 5.41) is 0. The zero-order valence-electron chi connectivity index (χ0n) is 8.30. The summed E-state index contributed by atoms with van der Waals surface area (Å²) in [7, 11) is 1.18. The largest absolute Gasteiger partial charge is 0.362 e. The van der Waals surface area contributed by atoms with Gasteiger partial charge in [-0.2, -0.15) is 0 Å². The summed E-state index contributed by atoms with van der Waals surface area (Å²) in [5.41, 5.74) is 0. The molecule has 0 spiro atoms. The topological polar surface area (TPSA) is 26.3 Å². The van der Waals surface area contributed by atoms with Crippen LogP contribution in [0.1, 0.15) is 32.6 Å². The molecule has 0 radical (unpaired) electrons. The van der Waals surface area contributed by atoms with Gasteiger partial charge in [0.05, 0.1) is 6.16 Å². The predicted molar refractivity (Wildman–Crippen MR) is 53.9 cm³/mol. The summed E-state index contributed by atoms with van der Waals surface area (Å²) in [6.45, 7) is 4.14. The molecule has 0 amide bonds. The molecule has 0 saturated carbocycles. The highest BCUT2D eigenvalue weighted by atomic mass is 31.1. The average Bonchev–Trinajstić information content (AvgIpc) is 2.05. The minimum atomic E-state index is -0.488. The van der Waals surface area contributed by atoms with Gasteiger partial charge in [-0.15, -0.1) is 0 Å². The summed E-state index contributed by atoms with van der Waals surface area (Å²) in [6, 6.07) is 0. The smallest absolute Gasteiger partial charge is 0.139 e. The minimum absolute atomic E-state index is 0.360. The number of unbranched alkanes of at least 4 members (excludes halogenated alkanes) is 2. The lowest BCUT2D eigenvalue weighted by Crippen LogP contribution is -2.03. The molecule has 0 aromatic carbocycles. The molecule has 0 N–H and O–H groups in total. The molecule has 72 valence electrons. The Morgan fingerprint density at radius 1 is 1.42 bits per heavy atom. The molecule has 12 heavy (non-hydrogen) atoms. The average molecular weight is 190 g/mol. The van der Waals surface area contributed by atoms with Gasteiger partial charge in [-0.25, -0.2) is 0 Å². The first kappa shape index (κ1) is 12.1. The second-order valence-electron chi connectivity index (χ2n) is 2.96. The molecule has 0 aliphatic carbocycles.